The van der Waals surface area contributed by atoms with Crippen LogP contribution in [0.3, 0.4) is 0 Å². The first-order chi connectivity index (χ1) is 7.75. The van der Waals surface area contributed by atoms with E-state index in [1.807, 2.05) is 0 Å². The van der Waals surface area contributed by atoms with Gasteiger partial charge >= 0.3 is 0 Å². The highest BCUT2D eigenvalue weighted by Gasteiger charge is 1.95. The number of anilines is 1. The summed E-state index contributed by atoms with van der Waals surface area (Å²) in [4.78, 5) is 8.08. The standard InChI is InChI=1S/C12H10FN3/c13-10-5-3-9(4-6-10)8-16-11-2-1-7-15-12(11)14/h1-8H,(H2,14,15). The summed E-state index contributed by atoms with van der Waals surface area (Å²) in [5, 5.41) is 0. The molecule has 1 aromatic heterocycles. The van der Waals surface area contributed by atoms with Crippen molar-refractivity contribution in [1.82, 2.24) is 4.98 Å². The molecule has 0 aliphatic rings. The Kier molecular flexibility index (Phi) is 2.91. The summed E-state index contributed by atoms with van der Waals surface area (Å²) in [6.45, 7) is 0. The average Bonchev–Trinajstić information content (AvgIpc) is 2.30. The van der Waals surface area contributed by atoms with Crippen LogP contribution in [0.25, 0.3) is 0 Å². The van der Waals surface area contributed by atoms with Crippen molar-refractivity contribution in [2.24, 2.45) is 4.99 Å². The minimum atomic E-state index is -0.266. The molecule has 1 heterocycles. The molecule has 0 spiro atoms. The number of nitrogens with two attached hydrogens (primary N) is 1. The van der Waals surface area contributed by atoms with Crippen LogP contribution in [-0.4, -0.2) is 11.2 Å². The first-order valence-corrected chi connectivity index (χ1v) is 4.76. The Morgan fingerprint density at radius 1 is 1.19 bits per heavy atom. The van der Waals surface area contributed by atoms with Crippen molar-refractivity contribution in [3.63, 3.8) is 0 Å². The molecule has 0 saturated carbocycles. The van der Waals surface area contributed by atoms with Crippen LogP contribution in [-0.2, 0) is 0 Å². The first kappa shape index (κ1) is 10.3. The maximum atomic E-state index is 12.6. The number of hydrogen-bond donors (Lipinski definition) is 1. The number of halogens is 1. The fourth-order valence-electron chi connectivity index (χ4n) is 1.21. The van der Waals surface area contributed by atoms with E-state index in [2.05, 4.69) is 9.98 Å². The Bertz CT molecular complexity index is 506. The quantitative estimate of drug-likeness (QED) is 0.782. The highest BCUT2D eigenvalue weighted by Crippen LogP contribution is 2.17. The number of nitrogens with zero attached hydrogens (tertiary/aromatic N) is 2. The number of aromatic nitrogens is 1. The number of benzene rings is 1. The molecule has 0 atom stereocenters. The summed E-state index contributed by atoms with van der Waals surface area (Å²) in [6.07, 6.45) is 3.22. The molecule has 80 valence electrons. The molecule has 3 nitrogen and oxygen atoms in total. The number of pyridine rings is 1. The third kappa shape index (κ3) is 2.42. The van der Waals surface area contributed by atoms with Crippen LogP contribution in [0, 0.1) is 5.82 Å². The topological polar surface area (TPSA) is 51.3 Å². The van der Waals surface area contributed by atoms with Crippen molar-refractivity contribution in [2.75, 3.05) is 5.73 Å². The molecular formula is C12H10FN3. The van der Waals surface area contributed by atoms with Gasteiger partial charge in [0.1, 0.15) is 17.3 Å². The van der Waals surface area contributed by atoms with Crippen molar-refractivity contribution in [3.05, 3.63) is 54.0 Å². The lowest BCUT2D eigenvalue weighted by atomic mass is 10.2. The maximum absolute atomic E-state index is 12.6. The van der Waals surface area contributed by atoms with E-state index in [0.717, 1.165) is 5.56 Å². The Balaban J connectivity index is 2.21. The van der Waals surface area contributed by atoms with Crippen molar-refractivity contribution >= 4 is 17.7 Å². The Morgan fingerprint density at radius 3 is 2.62 bits per heavy atom. The van der Waals surface area contributed by atoms with E-state index in [1.165, 1.54) is 12.1 Å². The van der Waals surface area contributed by atoms with Gasteiger partial charge in [0.2, 0.25) is 0 Å². The minimum Gasteiger partial charge on any atom is -0.382 e. The smallest absolute Gasteiger partial charge is 0.149 e. The normalized spacial score (nSPS) is 10.8. The summed E-state index contributed by atoms with van der Waals surface area (Å²) >= 11 is 0. The van der Waals surface area contributed by atoms with Gasteiger partial charge in [0, 0.05) is 12.4 Å². The number of nitrogen functional groups attached to an aromatic ring is 1. The zero-order valence-corrected chi connectivity index (χ0v) is 8.47. The summed E-state index contributed by atoms with van der Waals surface area (Å²) in [5.41, 5.74) is 7.04. The molecule has 2 rings (SSSR count). The van der Waals surface area contributed by atoms with Gasteiger partial charge in [-0.25, -0.2) is 9.37 Å². The molecule has 1 aromatic carbocycles. The van der Waals surface area contributed by atoms with Crippen LogP contribution in [0.1, 0.15) is 5.56 Å². The second-order valence-corrected chi connectivity index (χ2v) is 3.22. The highest BCUT2D eigenvalue weighted by molar-refractivity contribution is 5.83. The summed E-state index contributed by atoms with van der Waals surface area (Å²) in [7, 11) is 0. The van der Waals surface area contributed by atoms with E-state index in [0.29, 0.717) is 11.5 Å². The first-order valence-electron chi connectivity index (χ1n) is 4.76. The Hall–Kier alpha value is -2.23. The molecule has 2 aromatic rings. The molecule has 0 unspecified atom stereocenters. The second kappa shape index (κ2) is 4.53. The van der Waals surface area contributed by atoms with Gasteiger partial charge < -0.3 is 5.73 Å². The molecule has 0 bridgehead atoms. The minimum absolute atomic E-state index is 0.266. The molecule has 0 fully saturated rings. The van der Waals surface area contributed by atoms with Crippen LogP contribution in [0.4, 0.5) is 15.9 Å². The van der Waals surface area contributed by atoms with Crippen LogP contribution >= 0.6 is 0 Å². The summed E-state index contributed by atoms with van der Waals surface area (Å²) in [6, 6.07) is 9.58. The van der Waals surface area contributed by atoms with E-state index in [-0.39, 0.29) is 5.82 Å². The number of aliphatic imine (C=N–C) groups is 1. The lowest BCUT2D eigenvalue weighted by Gasteiger charge is -1.97. The third-order valence-electron chi connectivity index (χ3n) is 2.04. The SMILES string of the molecule is Nc1ncccc1N=Cc1ccc(F)cc1. The lowest BCUT2D eigenvalue weighted by Crippen LogP contribution is -1.89. The Labute approximate surface area is 92.5 Å². The molecule has 16 heavy (non-hydrogen) atoms. The monoisotopic (exact) mass is 215 g/mol. The van der Waals surface area contributed by atoms with Gasteiger partial charge in [0.15, 0.2) is 0 Å². The number of hydrogen-bond acceptors (Lipinski definition) is 3. The lowest BCUT2D eigenvalue weighted by molar-refractivity contribution is 0.628. The highest BCUT2D eigenvalue weighted by atomic mass is 19.1. The molecular weight excluding hydrogens is 205 g/mol. The van der Waals surface area contributed by atoms with E-state index in [9.17, 15) is 4.39 Å². The number of rotatable bonds is 2. The van der Waals surface area contributed by atoms with Crippen LogP contribution in [0.2, 0.25) is 0 Å². The molecule has 0 aliphatic heterocycles. The van der Waals surface area contributed by atoms with Gasteiger partial charge in [-0.1, -0.05) is 12.1 Å². The zero-order valence-electron chi connectivity index (χ0n) is 8.47. The van der Waals surface area contributed by atoms with Gasteiger partial charge in [0.05, 0.1) is 0 Å². The fourth-order valence-corrected chi connectivity index (χ4v) is 1.21. The van der Waals surface area contributed by atoms with Gasteiger partial charge in [-0.3, -0.25) is 4.99 Å². The van der Waals surface area contributed by atoms with Gasteiger partial charge in [0.25, 0.3) is 0 Å². The van der Waals surface area contributed by atoms with E-state index in [1.54, 1.807) is 36.7 Å². The average molecular weight is 215 g/mol. The van der Waals surface area contributed by atoms with Gasteiger partial charge in [-0.2, -0.15) is 0 Å². The van der Waals surface area contributed by atoms with Crippen molar-refractivity contribution in [1.29, 1.82) is 0 Å². The van der Waals surface area contributed by atoms with Crippen LogP contribution in [0.15, 0.2) is 47.6 Å². The molecule has 0 saturated heterocycles. The second-order valence-electron chi connectivity index (χ2n) is 3.22. The van der Waals surface area contributed by atoms with Gasteiger partial charge in [-0.15, -0.1) is 0 Å². The summed E-state index contributed by atoms with van der Waals surface area (Å²) < 4.78 is 12.6. The van der Waals surface area contributed by atoms with Crippen molar-refractivity contribution in [3.8, 4) is 0 Å². The molecule has 0 amide bonds. The Morgan fingerprint density at radius 2 is 1.94 bits per heavy atom. The fraction of sp³-hybridized carbons (Fsp3) is 0. The van der Waals surface area contributed by atoms with Crippen LogP contribution in [0.5, 0.6) is 0 Å². The molecule has 0 radical (unpaired) electrons. The van der Waals surface area contributed by atoms with Gasteiger partial charge in [-0.05, 0) is 29.8 Å². The van der Waals surface area contributed by atoms with E-state index < -0.39 is 0 Å². The largest absolute Gasteiger partial charge is 0.382 e. The van der Waals surface area contributed by atoms with Crippen LogP contribution < -0.4 is 5.73 Å². The third-order valence-corrected chi connectivity index (χ3v) is 2.04. The molecule has 2 N–H and O–H groups in total. The van der Waals surface area contributed by atoms with Crippen molar-refractivity contribution < 1.29 is 4.39 Å². The molecule has 4 heteroatoms. The predicted octanol–water partition coefficient (Wildman–Crippen LogP) is 2.55. The summed E-state index contributed by atoms with van der Waals surface area (Å²) in [5.74, 6) is 0.110. The van der Waals surface area contributed by atoms with E-state index >= 15 is 0 Å². The predicted molar refractivity (Wildman–Crippen MR) is 62.3 cm³/mol. The van der Waals surface area contributed by atoms with Crippen molar-refractivity contribution in [2.45, 2.75) is 0 Å². The zero-order chi connectivity index (χ0) is 11.4. The molecule has 0 aliphatic carbocycles. The maximum Gasteiger partial charge on any atom is 0.149 e. The van der Waals surface area contributed by atoms with E-state index in [4.69, 9.17) is 5.73 Å².